The van der Waals surface area contributed by atoms with Gasteiger partial charge in [-0.15, -0.1) is 0 Å². The zero-order chi connectivity index (χ0) is 10.4. The lowest BCUT2D eigenvalue weighted by atomic mass is 10.3. The van der Waals surface area contributed by atoms with Crippen molar-refractivity contribution in [3.63, 3.8) is 0 Å². The van der Waals surface area contributed by atoms with E-state index in [2.05, 4.69) is 20.4 Å². The summed E-state index contributed by atoms with van der Waals surface area (Å²) in [7, 11) is 1.85. The van der Waals surface area contributed by atoms with Crippen molar-refractivity contribution in [1.82, 2.24) is 15.0 Å². The lowest BCUT2D eigenvalue weighted by molar-refractivity contribution is 1.06. The fourth-order valence-corrected chi connectivity index (χ4v) is 1.65. The third kappa shape index (κ3) is 1.04. The fraction of sp³-hybridized carbons (Fsp3) is 0.111. The highest BCUT2D eigenvalue weighted by Gasteiger charge is 2.19. The fourth-order valence-electron chi connectivity index (χ4n) is 1.65. The van der Waals surface area contributed by atoms with Crippen molar-refractivity contribution in [2.24, 2.45) is 0 Å². The average Bonchev–Trinajstić information content (AvgIpc) is 2.45. The summed E-state index contributed by atoms with van der Waals surface area (Å²) >= 11 is 0. The SMILES string of the molecule is CN1Nc2ccc(=O)nc3ncnc1c23. The largest absolute Gasteiger partial charge is 0.296 e. The van der Waals surface area contributed by atoms with Gasteiger partial charge < -0.3 is 0 Å². The molecule has 0 aliphatic carbocycles. The molecule has 0 saturated heterocycles. The number of hydrogen-bond acceptors (Lipinski definition) is 6. The minimum Gasteiger partial charge on any atom is -0.296 e. The molecule has 0 spiro atoms. The highest BCUT2D eigenvalue weighted by atomic mass is 16.1. The maximum Gasteiger partial charge on any atom is 0.271 e. The Balaban J connectivity index is 2.57. The van der Waals surface area contributed by atoms with E-state index in [9.17, 15) is 4.79 Å². The topological polar surface area (TPSA) is 71.0 Å². The van der Waals surface area contributed by atoms with Crippen LogP contribution in [0.2, 0.25) is 0 Å². The third-order valence-corrected chi connectivity index (χ3v) is 2.29. The Morgan fingerprint density at radius 1 is 1.33 bits per heavy atom. The molecule has 0 amide bonds. The monoisotopic (exact) mass is 201 g/mol. The van der Waals surface area contributed by atoms with E-state index in [-0.39, 0.29) is 5.56 Å². The van der Waals surface area contributed by atoms with Crippen LogP contribution in [0.4, 0.5) is 11.5 Å². The van der Waals surface area contributed by atoms with Crippen LogP contribution in [0.25, 0.3) is 11.0 Å². The molecule has 1 N–H and O–H groups in total. The van der Waals surface area contributed by atoms with Crippen LogP contribution >= 0.6 is 0 Å². The summed E-state index contributed by atoms with van der Waals surface area (Å²) in [6.45, 7) is 0. The number of nitrogens with one attached hydrogen (secondary N) is 1. The summed E-state index contributed by atoms with van der Waals surface area (Å²) in [5.41, 5.74) is 3.99. The molecule has 15 heavy (non-hydrogen) atoms. The minimum absolute atomic E-state index is 0.303. The van der Waals surface area contributed by atoms with Gasteiger partial charge in [-0.25, -0.2) is 9.97 Å². The molecule has 0 aromatic carbocycles. The van der Waals surface area contributed by atoms with Crippen molar-refractivity contribution >= 4 is 22.5 Å². The molecular formula is C9H7N5O. The van der Waals surface area contributed by atoms with Crippen LogP contribution < -0.4 is 16.0 Å². The second-order valence-corrected chi connectivity index (χ2v) is 3.26. The van der Waals surface area contributed by atoms with Crippen LogP contribution in [0, 0.1) is 0 Å². The van der Waals surface area contributed by atoms with Gasteiger partial charge in [-0.2, -0.15) is 4.98 Å². The number of aromatic nitrogens is 3. The summed E-state index contributed by atoms with van der Waals surface area (Å²) in [6.07, 6.45) is 1.40. The normalized spacial score (nSPS) is 13.0. The van der Waals surface area contributed by atoms with Gasteiger partial charge in [0.25, 0.3) is 5.56 Å². The van der Waals surface area contributed by atoms with E-state index in [1.54, 1.807) is 11.1 Å². The molecule has 1 aliphatic heterocycles. The van der Waals surface area contributed by atoms with Gasteiger partial charge >= 0.3 is 0 Å². The molecule has 0 unspecified atom stereocenters. The molecule has 0 radical (unpaired) electrons. The van der Waals surface area contributed by atoms with Gasteiger partial charge in [-0.1, -0.05) is 0 Å². The van der Waals surface area contributed by atoms with Crippen LogP contribution in [0.15, 0.2) is 23.3 Å². The second-order valence-electron chi connectivity index (χ2n) is 3.26. The first-order valence-electron chi connectivity index (χ1n) is 4.42. The smallest absolute Gasteiger partial charge is 0.271 e. The van der Waals surface area contributed by atoms with Gasteiger partial charge in [-0.05, 0) is 6.07 Å². The first-order chi connectivity index (χ1) is 7.25. The first kappa shape index (κ1) is 8.10. The number of hydrazine groups is 1. The van der Waals surface area contributed by atoms with Crippen molar-refractivity contribution in [1.29, 1.82) is 0 Å². The minimum atomic E-state index is -0.303. The Morgan fingerprint density at radius 3 is 3.07 bits per heavy atom. The van der Waals surface area contributed by atoms with Crippen molar-refractivity contribution in [3.05, 3.63) is 28.8 Å². The molecule has 6 heteroatoms. The molecule has 0 fully saturated rings. The number of rotatable bonds is 0. The molecule has 0 bridgehead atoms. The van der Waals surface area contributed by atoms with Crippen LogP contribution in [-0.2, 0) is 0 Å². The lowest BCUT2D eigenvalue weighted by Gasteiger charge is -2.11. The van der Waals surface area contributed by atoms with Crippen LogP contribution in [0.5, 0.6) is 0 Å². The van der Waals surface area contributed by atoms with E-state index in [0.717, 1.165) is 16.9 Å². The Bertz CT molecular complexity index is 612. The molecule has 2 aromatic heterocycles. The van der Waals surface area contributed by atoms with Crippen LogP contribution in [-0.4, -0.2) is 22.0 Å². The van der Waals surface area contributed by atoms with E-state index in [4.69, 9.17) is 0 Å². The van der Waals surface area contributed by atoms with E-state index in [1.807, 2.05) is 7.05 Å². The Kier molecular flexibility index (Phi) is 1.42. The number of nitrogens with zero attached hydrogens (tertiary/aromatic N) is 4. The summed E-state index contributed by atoms with van der Waals surface area (Å²) in [6, 6.07) is 3.10. The average molecular weight is 201 g/mol. The lowest BCUT2D eigenvalue weighted by Crippen LogP contribution is -2.20. The molecule has 74 valence electrons. The first-order valence-corrected chi connectivity index (χ1v) is 4.42. The second kappa shape index (κ2) is 2.63. The van der Waals surface area contributed by atoms with Crippen molar-refractivity contribution < 1.29 is 0 Å². The van der Waals surface area contributed by atoms with Gasteiger partial charge in [0.15, 0.2) is 11.5 Å². The predicted molar refractivity (Wildman–Crippen MR) is 55.6 cm³/mol. The van der Waals surface area contributed by atoms with E-state index in [0.29, 0.717) is 5.65 Å². The zero-order valence-electron chi connectivity index (χ0n) is 7.93. The highest BCUT2D eigenvalue weighted by Crippen LogP contribution is 2.32. The number of hydrogen-bond donors (Lipinski definition) is 1. The van der Waals surface area contributed by atoms with E-state index in [1.165, 1.54) is 12.4 Å². The van der Waals surface area contributed by atoms with E-state index >= 15 is 0 Å². The third-order valence-electron chi connectivity index (χ3n) is 2.29. The van der Waals surface area contributed by atoms with E-state index < -0.39 is 0 Å². The Labute approximate surface area is 84.6 Å². The van der Waals surface area contributed by atoms with Crippen LogP contribution in [0.3, 0.4) is 0 Å². The highest BCUT2D eigenvalue weighted by molar-refractivity contribution is 6.01. The summed E-state index contributed by atoms with van der Waals surface area (Å²) < 4.78 is 0. The molecule has 6 nitrogen and oxygen atoms in total. The summed E-state index contributed by atoms with van der Waals surface area (Å²) in [5, 5.41) is 2.55. The maximum absolute atomic E-state index is 11.2. The van der Waals surface area contributed by atoms with Gasteiger partial charge in [0, 0.05) is 13.1 Å². The molecule has 2 aromatic rings. The molecule has 3 rings (SSSR count). The zero-order valence-corrected chi connectivity index (χ0v) is 7.93. The molecule has 3 heterocycles. The van der Waals surface area contributed by atoms with Gasteiger partial charge in [0.2, 0.25) is 0 Å². The standard InChI is InChI=1S/C9H7N5O/c1-14-9-7-5(13-14)2-3-6(15)12-8(7)10-4-11-9/h2-4,13H,1H3. The molecule has 0 saturated carbocycles. The molecule has 1 aliphatic rings. The Morgan fingerprint density at radius 2 is 2.20 bits per heavy atom. The summed E-state index contributed by atoms with van der Waals surface area (Å²) in [5.74, 6) is 0.734. The number of anilines is 2. The Hall–Kier alpha value is -2.24. The van der Waals surface area contributed by atoms with Crippen LogP contribution in [0.1, 0.15) is 0 Å². The van der Waals surface area contributed by atoms with Gasteiger partial charge in [-0.3, -0.25) is 15.2 Å². The molecular weight excluding hydrogens is 194 g/mol. The van der Waals surface area contributed by atoms with Crippen molar-refractivity contribution in [2.45, 2.75) is 0 Å². The quantitative estimate of drug-likeness (QED) is 0.654. The van der Waals surface area contributed by atoms with Crippen molar-refractivity contribution in [3.8, 4) is 0 Å². The predicted octanol–water partition coefficient (Wildman–Crippen LogP) is 0.162. The maximum atomic E-state index is 11.2. The molecule has 0 atom stereocenters. The van der Waals surface area contributed by atoms with Gasteiger partial charge in [0.1, 0.15) is 6.33 Å². The van der Waals surface area contributed by atoms with Crippen molar-refractivity contribution in [2.75, 3.05) is 17.5 Å². The van der Waals surface area contributed by atoms with Gasteiger partial charge in [0.05, 0.1) is 11.1 Å². The summed E-state index contributed by atoms with van der Waals surface area (Å²) in [4.78, 5) is 23.2.